The summed E-state index contributed by atoms with van der Waals surface area (Å²) in [6.45, 7) is 1.88. The summed E-state index contributed by atoms with van der Waals surface area (Å²) in [5, 5.41) is 8.47. The lowest BCUT2D eigenvalue weighted by molar-refractivity contribution is -0.114. The van der Waals surface area contributed by atoms with Crippen molar-refractivity contribution < 1.29 is 14.3 Å². The number of amides is 2. The quantitative estimate of drug-likeness (QED) is 0.382. The molecule has 3 aromatic carbocycles. The first-order valence-corrected chi connectivity index (χ1v) is 11.1. The molecule has 0 fully saturated rings. The second kappa shape index (κ2) is 11.4. The van der Waals surface area contributed by atoms with Crippen molar-refractivity contribution in [2.45, 2.75) is 13.3 Å². The Morgan fingerprint density at radius 3 is 2.25 bits per heavy atom. The molecule has 0 spiro atoms. The van der Waals surface area contributed by atoms with Crippen LogP contribution in [-0.4, -0.2) is 23.5 Å². The first-order chi connectivity index (χ1) is 15.4. The summed E-state index contributed by atoms with van der Waals surface area (Å²) >= 11 is 8.68. The monoisotopic (exact) mass is 511 g/mol. The van der Waals surface area contributed by atoms with Gasteiger partial charge in [0.05, 0.1) is 12.2 Å². The standard InChI is InChI=1S/C24H22BrN3O3S/c1-16(29)26-19-8-10-20(11-9-19)27-24(32)28-23(30)21-15-18(25)7-12-22(21)31-14-13-17-5-3-2-4-6-17/h2-12,15H,13-14H2,1H3,(H,26,29)(H2,27,28,30,32). The first-order valence-electron chi connectivity index (χ1n) is 9.87. The molecule has 8 heteroatoms. The van der Waals surface area contributed by atoms with E-state index in [-0.39, 0.29) is 16.9 Å². The second-order valence-corrected chi connectivity index (χ2v) is 8.22. The minimum absolute atomic E-state index is 0.149. The van der Waals surface area contributed by atoms with E-state index < -0.39 is 0 Å². The summed E-state index contributed by atoms with van der Waals surface area (Å²) in [7, 11) is 0. The molecular weight excluding hydrogens is 490 g/mol. The Balaban J connectivity index is 1.60. The van der Waals surface area contributed by atoms with E-state index in [4.69, 9.17) is 17.0 Å². The van der Waals surface area contributed by atoms with Crippen molar-refractivity contribution in [2.75, 3.05) is 17.2 Å². The third-order valence-electron chi connectivity index (χ3n) is 4.37. The maximum Gasteiger partial charge on any atom is 0.261 e. The molecule has 2 amide bonds. The van der Waals surface area contributed by atoms with Crippen LogP contribution in [0.2, 0.25) is 0 Å². The van der Waals surface area contributed by atoms with E-state index in [0.29, 0.717) is 29.3 Å². The molecule has 0 saturated carbocycles. The number of halogens is 1. The molecule has 0 aromatic heterocycles. The average Bonchev–Trinajstić information content (AvgIpc) is 2.76. The molecule has 6 nitrogen and oxygen atoms in total. The Morgan fingerprint density at radius 1 is 0.938 bits per heavy atom. The molecule has 164 valence electrons. The zero-order valence-corrected chi connectivity index (χ0v) is 19.8. The molecule has 3 aromatic rings. The predicted octanol–water partition coefficient (Wildman–Crippen LogP) is 5.16. The Hall–Kier alpha value is -3.23. The Bertz CT molecular complexity index is 1110. The molecule has 0 unspecified atom stereocenters. The van der Waals surface area contributed by atoms with Crippen LogP contribution in [0.25, 0.3) is 0 Å². The minimum Gasteiger partial charge on any atom is -0.492 e. The van der Waals surface area contributed by atoms with Gasteiger partial charge in [0.25, 0.3) is 5.91 Å². The number of carbonyl (C=O) groups excluding carboxylic acids is 2. The summed E-state index contributed by atoms with van der Waals surface area (Å²) < 4.78 is 6.64. The fourth-order valence-electron chi connectivity index (χ4n) is 2.90. The fraction of sp³-hybridized carbons (Fsp3) is 0.125. The zero-order valence-electron chi connectivity index (χ0n) is 17.4. The van der Waals surface area contributed by atoms with E-state index in [1.165, 1.54) is 6.92 Å². The van der Waals surface area contributed by atoms with Crippen LogP contribution in [0.5, 0.6) is 5.75 Å². The second-order valence-electron chi connectivity index (χ2n) is 6.89. The number of benzene rings is 3. The van der Waals surface area contributed by atoms with Crippen LogP contribution in [0, 0.1) is 0 Å². The maximum atomic E-state index is 12.8. The highest BCUT2D eigenvalue weighted by molar-refractivity contribution is 9.10. The molecule has 3 N–H and O–H groups in total. The normalized spacial score (nSPS) is 10.2. The third kappa shape index (κ3) is 7.18. The number of carbonyl (C=O) groups is 2. The highest BCUT2D eigenvalue weighted by Crippen LogP contribution is 2.24. The van der Waals surface area contributed by atoms with Gasteiger partial charge in [-0.25, -0.2) is 0 Å². The van der Waals surface area contributed by atoms with Gasteiger partial charge in [-0.05, 0) is 60.2 Å². The number of rotatable bonds is 7. The Labute approximate surface area is 200 Å². The summed E-state index contributed by atoms with van der Waals surface area (Å²) in [5.74, 6) is -0.0539. The van der Waals surface area contributed by atoms with E-state index in [9.17, 15) is 9.59 Å². The number of hydrogen-bond donors (Lipinski definition) is 3. The lowest BCUT2D eigenvalue weighted by atomic mass is 10.1. The van der Waals surface area contributed by atoms with Gasteiger partial charge in [0.2, 0.25) is 5.91 Å². The first kappa shape index (κ1) is 23.4. The molecule has 0 aliphatic rings. The molecule has 0 heterocycles. The average molecular weight is 512 g/mol. The summed E-state index contributed by atoms with van der Waals surface area (Å²) in [6, 6.07) is 22.2. The van der Waals surface area contributed by atoms with Crippen LogP contribution in [0.15, 0.2) is 77.3 Å². The van der Waals surface area contributed by atoms with E-state index in [2.05, 4.69) is 31.9 Å². The van der Waals surface area contributed by atoms with E-state index in [0.717, 1.165) is 16.5 Å². The maximum absolute atomic E-state index is 12.8. The molecule has 0 radical (unpaired) electrons. The summed E-state index contributed by atoms with van der Waals surface area (Å²) in [6.07, 6.45) is 0.729. The molecule has 3 rings (SSSR count). The lowest BCUT2D eigenvalue weighted by Crippen LogP contribution is -2.34. The Morgan fingerprint density at radius 2 is 1.59 bits per heavy atom. The van der Waals surface area contributed by atoms with Crippen molar-refractivity contribution in [3.8, 4) is 5.75 Å². The minimum atomic E-state index is -0.381. The lowest BCUT2D eigenvalue weighted by Gasteiger charge is -2.14. The van der Waals surface area contributed by atoms with Crippen molar-refractivity contribution >= 4 is 56.4 Å². The van der Waals surface area contributed by atoms with Gasteiger partial charge in [0, 0.05) is 29.2 Å². The Kier molecular flexibility index (Phi) is 8.35. The summed E-state index contributed by atoms with van der Waals surface area (Å²) in [4.78, 5) is 24.0. The van der Waals surface area contributed by atoms with E-state index in [1.54, 1.807) is 36.4 Å². The van der Waals surface area contributed by atoms with Crippen molar-refractivity contribution in [3.63, 3.8) is 0 Å². The van der Waals surface area contributed by atoms with Crippen molar-refractivity contribution in [2.24, 2.45) is 0 Å². The van der Waals surface area contributed by atoms with Crippen LogP contribution in [-0.2, 0) is 11.2 Å². The highest BCUT2D eigenvalue weighted by Gasteiger charge is 2.15. The third-order valence-corrected chi connectivity index (χ3v) is 5.06. The number of hydrogen-bond acceptors (Lipinski definition) is 4. The number of anilines is 2. The molecular formula is C24H22BrN3O3S. The van der Waals surface area contributed by atoms with Crippen molar-refractivity contribution in [3.05, 3.63) is 88.4 Å². The smallest absolute Gasteiger partial charge is 0.261 e. The van der Waals surface area contributed by atoms with Gasteiger partial charge in [0.15, 0.2) is 5.11 Å². The highest BCUT2D eigenvalue weighted by atomic mass is 79.9. The summed E-state index contributed by atoms with van der Waals surface area (Å²) in [5.41, 5.74) is 2.88. The molecule has 0 saturated heterocycles. The van der Waals surface area contributed by atoms with Crippen LogP contribution in [0.1, 0.15) is 22.8 Å². The van der Waals surface area contributed by atoms with Gasteiger partial charge >= 0.3 is 0 Å². The predicted molar refractivity (Wildman–Crippen MR) is 134 cm³/mol. The largest absolute Gasteiger partial charge is 0.492 e. The zero-order chi connectivity index (χ0) is 22.9. The van der Waals surface area contributed by atoms with E-state index >= 15 is 0 Å². The molecule has 0 aliphatic heterocycles. The molecule has 0 aliphatic carbocycles. The molecule has 32 heavy (non-hydrogen) atoms. The van der Waals surface area contributed by atoms with Crippen LogP contribution >= 0.6 is 28.1 Å². The van der Waals surface area contributed by atoms with Crippen molar-refractivity contribution in [1.29, 1.82) is 0 Å². The SMILES string of the molecule is CC(=O)Nc1ccc(NC(=S)NC(=O)c2cc(Br)ccc2OCCc2ccccc2)cc1. The topological polar surface area (TPSA) is 79.5 Å². The van der Waals surface area contributed by atoms with Gasteiger partial charge in [-0.15, -0.1) is 0 Å². The fourth-order valence-corrected chi connectivity index (χ4v) is 3.47. The van der Waals surface area contributed by atoms with Gasteiger partial charge in [-0.2, -0.15) is 0 Å². The van der Waals surface area contributed by atoms with Crippen molar-refractivity contribution in [1.82, 2.24) is 5.32 Å². The molecule has 0 bridgehead atoms. The van der Waals surface area contributed by atoms with Gasteiger partial charge < -0.3 is 15.4 Å². The molecule has 0 atom stereocenters. The van der Waals surface area contributed by atoms with Gasteiger partial charge in [0.1, 0.15) is 5.75 Å². The van der Waals surface area contributed by atoms with Gasteiger partial charge in [-0.3, -0.25) is 14.9 Å². The van der Waals surface area contributed by atoms with Crippen LogP contribution in [0.4, 0.5) is 11.4 Å². The van der Waals surface area contributed by atoms with Crippen LogP contribution in [0.3, 0.4) is 0 Å². The van der Waals surface area contributed by atoms with Gasteiger partial charge in [-0.1, -0.05) is 46.3 Å². The number of thiocarbonyl (C=S) groups is 1. The number of nitrogens with one attached hydrogen (secondary N) is 3. The van der Waals surface area contributed by atoms with Crippen LogP contribution < -0.4 is 20.7 Å². The number of ether oxygens (including phenoxy) is 1. The van der Waals surface area contributed by atoms with E-state index in [1.807, 2.05) is 36.4 Å².